The Morgan fingerprint density at radius 1 is 1.50 bits per heavy atom. The SMILES string of the molecule is CCSc1cc(C(F)(F)F)ncc1N. The molecular weight excluding hydrogens is 213 g/mol. The van der Waals surface area contributed by atoms with E-state index in [1.165, 1.54) is 11.8 Å². The summed E-state index contributed by atoms with van der Waals surface area (Å²) in [5, 5.41) is 0. The van der Waals surface area contributed by atoms with Gasteiger partial charge in [0.05, 0.1) is 11.9 Å². The molecule has 0 saturated heterocycles. The number of nitrogens with two attached hydrogens (primary N) is 1. The van der Waals surface area contributed by atoms with Crippen molar-refractivity contribution in [2.45, 2.75) is 18.0 Å². The average molecular weight is 222 g/mol. The number of anilines is 1. The van der Waals surface area contributed by atoms with Gasteiger partial charge in [-0.05, 0) is 11.8 Å². The van der Waals surface area contributed by atoms with Crippen molar-refractivity contribution >= 4 is 17.4 Å². The summed E-state index contributed by atoms with van der Waals surface area (Å²) < 4.78 is 36.7. The van der Waals surface area contributed by atoms with Crippen LogP contribution in [0.15, 0.2) is 17.2 Å². The summed E-state index contributed by atoms with van der Waals surface area (Å²) in [5.74, 6) is 0.672. The van der Waals surface area contributed by atoms with Gasteiger partial charge in [0.15, 0.2) is 0 Å². The van der Waals surface area contributed by atoms with Crippen LogP contribution < -0.4 is 5.73 Å². The molecule has 0 spiro atoms. The summed E-state index contributed by atoms with van der Waals surface area (Å²) in [6.07, 6.45) is -3.36. The molecule has 1 heterocycles. The molecule has 1 aromatic heterocycles. The second-order valence-corrected chi connectivity index (χ2v) is 3.84. The summed E-state index contributed by atoms with van der Waals surface area (Å²) in [4.78, 5) is 3.65. The lowest BCUT2D eigenvalue weighted by atomic mass is 10.3. The second-order valence-electron chi connectivity index (χ2n) is 2.54. The van der Waals surface area contributed by atoms with Crippen LogP contribution in [0.4, 0.5) is 18.9 Å². The van der Waals surface area contributed by atoms with Gasteiger partial charge in [-0.25, -0.2) is 4.98 Å². The fourth-order valence-electron chi connectivity index (χ4n) is 0.883. The molecule has 1 aromatic rings. The molecule has 14 heavy (non-hydrogen) atoms. The Bertz CT molecular complexity index is 325. The molecule has 2 nitrogen and oxygen atoms in total. The molecule has 0 bridgehead atoms. The minimum Gasteiger partial charge on any atom is -0.397 e. The Morgan fingerprint density at radius 3 is 2.64 bits per heavy atom. The molecule has 0 atom stereocenters. The van der Waals surface area contributed by atoms with E-state index >= 15 is 0 Å². The van der Waals surface area contributed by atoms with E-state index < -0.39 is 11.9 Å². The number of pyridine rings is 1. The largest absolute Gasteiger partial charge is 0.433 e. The summed E-state index contributed by atoms with van der Waals surface area (Å²) in [5.41, 5.74) is 4.85. The van der Waals surface area contributed by atoms with Crippen molar-refractivity contribution in [2.75, 3.05) is 11.5 Å². The van der Waals surface area contributed by atoms with E-state index in [4.69, 9.17) is 5.73 Å². The quantitative estimate of drug-likeness (QED) is 0.782. The van der Waals surface area contributed by atoms with Gasteiger partial charge in [-0.15, -0.1) is 11.8 Å². The molecule has 0 aliphatic heterocycles. The van der Waals surface area contributed by atoms with Gasteiger partial charge >= 0.3 is 6.18 Å². The van der Waals surface area contributed by atoms with Crippen molar-refractivity contribution in [2.24, 2.45) is 0 Å². The number of nitrogens with zero attached hydrogens (tertiary/aromatic N) is 1. The number of aromatic nitrogens is 1. The fraction of sp³-hybridized carbons (Fsp3) is 0.375. The zero-order valence-electron chi connectivity index (χ0n) is 7.43. The second kappa shape index (κ2) is 4.08. The lowest BCUT2D eigenvalue weighted by Gasteiger charge is -2.08. The van der Waals surface area contributed by atoms with Gasteiger partial charge in [0, 0.05) is 4.90 Å². The third-order valence-corrected chi connectivity index (χ3v) is 2.44. The molecular formula is C8H9F3N2S. The molecule has 6 heteroatoms. The van der Waals surface area contributed by atoms with Gasteiger partial charge < -0.3 is 5.73 Å². The highest BCUT2D eigenvalue weighted by Crippen LogP contribution is 2.32. The van der Waals surface area contributed by atoms with E-state index in [0.717, 1.165) is 12.3 Å². The van der Waals surface area contributed by atoms with Crippen LogP contribution in [-0.2, 0) is 6.18 Å². The molecule has 0 aliphatic carbocycles. The van der Waals surface area contributed by atoms with Crippen LogP contribution in [0.2, 0.25) is 0 Å². The monoisotopic (exact) mass is 222 g/mol. The maximum Gasteiger partial charge on any atom is 0.433 e. The smallest absolute Gasteiger partial charge is 0.397 e. The normalized spacial score (nSPS) is 11.7. The van der Waals surface area contributed by atoms with Gasteiger partial charge in [0.1, 0.15) is 5.69 Å². The standard InChI is InChI=1S/C8H9F3N2S/c1-2-14-6-3-7(8(9,10)11)13-4-5(6)12/h3-4H,2,12H2,1H3. The molecule has 1 rings (SSSR count). The number of halogens is 3. The first-order chi connectivity index (χ1) is 6.45. The highest BCUT2D eigenvalue weighted by atomic mass is 32.2. The first kappa shape index (κ1) is 11.2. The zero-order chi connectivity index (χ0) is 10.8. The third kappa shape index (κ3) is 2.54. The summed E-state index contributed by atoms with van der Waals surface area (Å²) in [6, 6.07) is 0.976. The van der Waals surface area contributed by atoms with Crippen molar-refractivity contribution in [1.82, 2.24) is 4.98 Å². The Morgan fingerprint density at radius 2 is 2.14 bits per heavy atom. The number of thioether (sulfide) groups is 1. The first-order valence-electron chi connectivity index (χ1n) is 3.90. The van der Waals surface area contributed by atoms with Crippen molar-refractivity contribution < 1.29 is 13.2 Å². The number of rotatable bonds is 2. The average Bonchev–Trinajstić information content (AvgIpc) is 2.07. The van der Waals surface area contributed by atoms with E-state index in [1.54, 1.807) is 0 Å². The maximum atomic E-state index is 12.2. The van der Waals surface area contributed by atoms with E-state index in [2.05, 4.69) is 4.98 Å². The number of hydrogen-bond acceptors (Lipinski definition) is 3. The molecule has 78 valence electrons. The van der Waals surface area contributed by atoms with Crippen molar-refractivity contribution in [3.05, 3.63) is 18.0 Å². The topological polar surface area (TPSA) is 38.9 Å². The Balaban J connectivity index is 3.06. The first-order valence-corrected chi connectivity index (χ1v) is 4.89. The van der Waals surface area contributed by atoms with Crippen LogP contribution in [0.25, 0.3) is 0 Å². The molecule has 0 saturated carbocycles. The molecule has 0 radical (unpaired) electrons. The van der Waals surface area contributed by atoms with E-state index in [1.807, 2.05) is 6.92 Å². The van der Waals surface area contributed by atoms with Gasteiger partial charge in [-0.2, -0.15) is 13.2 Å². The van der Waals surface area contributed by atoms with E-state index in [0.29, 0.717) is 10.6 Å². The molecule has 0 fully saturated rings. The lowest BCUT2D eigenvalue weighted by molar-refractivity contribution is -0.141. The van der Waals surface area contributed by atoms with Crippen LogP contribution in [-0.4, -0.2) is 10.7 Å². The Labute approximate surface area is 83.7 Å². The van der Waals surface area contributed by atoms with Crippen LogP contribution in [0.3, 0.4) is 0 Å². The Hall–Kier alpha value is -0.910. The summed E-state index contributed by atoms with van der Waals surface area (Å²) >= 11 is 1.27. The van der Waals surface area contributed by atoms with Crippen LogP contribution in [0.1, 0.15) is 12.6 Å². The molecule has 0 unspecified atom stereocenters. The van der Waals surface area contributed by atoms with Crippen molar-refractivity contribution in [3.63, 3.8) is 0 Å². The molecule has 0 aliphatic rings. The predicted molar refractivity (Wildman–Crippen MR) is 50.0 cm³/mol. The van der Waals surface area contributed by atoms with Crippen LogP contribution in [0.5, 0.6) is 0 Å². The molecule has 0 amide bonds. The minimum absolute atomic E-state index is 0.282. The van der Waals surface area contributed by atoms with Gasteiger partial charge in [-0.3, -0.25) is 0 Å². The highest BCUT2D eigenvalue weighted by molar-refractivity contribution is 7.99. The lowest BCUT2D eigenvalue weighted by Crippen LogP contribution is -2.08. The number of nitrogen functional groups attached to an aromatic ring is 1. The number of alkyl halides is 3. The fourth-order valence-corrected chi connectivity index (χ4v) is 1.61. The van der Waals surface area contributed by atoms with Crippen molar-refractivity contribution in [1.29, 1.82) is 0 Å². The number of hydrogen-bond donors (Lipinski definition) is 1. The third-order valence-electron chi connectivity index (χ3n) is 1.49. The minimum atomic E-state index is -4.41. The molecule has 2 N–H and O–H groups in total. The van der Waals surface area contributed by atoms with Crippen LogP contribution in [0, 0.1) is 0 Å². The van der Waals surface area contributed by atoms with E-state index in [9.17, 15) is 13.2 Å². The molecule has 0 aromatic carbocycles. The Kier molecular flexibility index (Phi) is 3.25. The zero-order valence-corrected chi connectivity index (χ0v) is 8.25. The van der Waals surface area contributed by atoms with Crippen molar-refractivity contribution in [3.8, 4) is 0 Å². The highest BCUT2D eigenvalue weighted by Gasteiger charge is 2.32. The summed E-state index contributed by atoms with van der Waals surface area (Å²) in [6.45, 7) is 1.85. The predicted octanol–water partition coefficient (Wildman–Crippen LogP) is 2.79. The summed E-state index contributed by atoms with van der Waals surface area (Å²) in [7, 11) is 0. The maximum absolute atomic E-state index is 12.2. The van der Waals surface area contributed by atoms with Gasteiger partial charge in [0.2, 0.25) is 0 Å². The van der Waals surface area contributed by atoms with Gasteiger partial charge in [-0.1, -0.05) is 6.92 Å². The van der Waals surface area contributed by atoms with Crippen LogP contribution >= 0.6 is 11.8 Å². The van der Waals surface area contributed by atoms with Gasteiger partial charge in [0.25, 0.3) is 0 Å². The van der Waals surface area contributed by atoms with E-state index in [-0.39, 0.29) is 5.69 Å².